The van der Waals surface area contributed by atoms with Crippen LogP contribution in [0.15, 0.2) is 52.9 Å². The maximum atomic E-state index is 5.90. The van der Waals surface area contributed by atoms with Crippen molar-refractivity contribution in [1.29, 1.82) is 0 Å². The van der Waals surface area contributed by atoms with Gasteiger partial charge in [0.15, 0.2) is 0 Å². The summed E-state index contributed by atoms with van der Waals surface area (Å²) in [7, 11) is 4.08. The van der Waals surface area contributed by atoms with Crippen molar-refractivity contribution in [2.45, 2.75) is 13.3 Å². The molecule has 2 aromatic carbocycles. The van der Waals surface area contributed by atoms with E-state index in [0.717, 1.165) is 41.1 Å². The summed E-state index contributed by atoms with van der Waals surface area (Å²) in [5, 5.41) is 1.08. The molecule has 0 aliphatic rings. The van der Waals surface area contributed by atoms with Crippen LogP contribution < -0.4 is 9.64 Å². The van der Waals surface area contributed by atoms with Crippen LogP contribution in [-0.2, 0) is 0 Å². The molecule has 0 radical (unpaired) electrons. The normalized spacial score (nSPS) is 11.3. The molecule has 0 spiro atoms. The second-order valence-corrected chi connectivity index (χ2v) is 6.02. The van der Waals surface area contributed by atoms with Crippen molar-refractivity contribution in [3.63, 3.8) is 0 Å². The van der Waals surface area contributed by atoms with Crippen LogP contribution in [0.1, 0.15) is 24.7 Å². The third-order valence-electron chi connectivity index (χ3n) is 3.83. The van der Waals surface area contributed by atoms with Gasteiger partial charge in [-0.2, -0.15) is 0 Å². The minimum absolute atomic E-state index is 0.724. The molecule has 0 amide bonds. The van der Waals surface area contributed by atoms with Crippen LogP contribution in [0.4, 0.5) is 5.69 Å². The van der Waals surface area contributed by atoms with E-state index >= 15 is 0 Å². The Morgan fingerprint density at radius 2 is 1.79 bits per heavy atom. The van der Waals surface area contributed by atoms with Gasteiger partial charge >= 0.3 is 0 Å². The number of hydrogen-bond acceptors (Lipinski definition) is 3. The second-order valence-electron chi connectivity index (χ2n) is 6.02. The number of benzene rings is 2. The maximum absolute atomic E-state index is 5.90. The van der Waals surface area contributed by atoms with Crippen LogP contribution in [0, 0.1) is 0 Å². The molecule has 24 heavy (non-hydrogen) atoms. The van der Waals surface area contributed by atoms with E-state index in [0.29, 0.717) is 0 Å². The van der Waals surface area contributed by atoms with Gasteiger partial charge in [0.1, 0.15) is 17.1 Å². The average molecular weight is 321 g/mol. The number of anilines is 1. The van der Waals surface area contributed by atoms with Crippen molar-refractivity contribution in [3.8, 4) is 5.75 Å². The van der Waals surface area contributed by atoms with Gasteiger partial charge in [0.2, 0.25) is 0 Å². The highest BCUT2D eigenvalue weighted by molar-refractivity contribution is 5.83. The Morgan fingerprint density at radius 1 is 1.00 bits per heavy atom. The van der Waals surface area contributed by atoms with Crippen molar-refractivity contribution < 1.29 is 9.15 Å². The molecule has 3 rings (SSSR count). The van der Waals surface area contributed by atoms with E-state index in [1.54, 1.807) is 0 Å². The summed E-state index contributed by atoms with van der Waals surface area (Å²) in [6.07, 6.45) is 5.06. The summed E-state index contributed by atoms with van der Waals surface area (Å²) in [5.74, 6) is 1.70. The lowest BCUT2D eigenvalue weighted by Crippen LogP contribution is -2.07. The number of fused-ring (bicyclic) bond motifs is 1. The van der Waals surface area contributed by atoms with Gasteiger partial charge in [0.05, 0.1) is 6.61 Å². The van der Waals surface area contributed by atoms with Crippen LogP contribution in [0.2, 0.25) is 0 Å². The van der Waals surface area contributed by atoms with Gasteiger partial charge < -0.3 is 14.1 Å². The van der Waals surface area contributed by atoms with Crippen LogP contribution in [0.25, 0.3) is 23.1 Å². The van der Waals surface area contributed by atoms with Crippen LogP contribution in [0.3, 0.4) is 0 Å². The van der Waals surface area contributed by atoms with Gasteiger partial charge in [0.25, 0.3) is 0 Å². The molecule has 1 aromatic heterocycles. The van der Waals surface area contributed by atoms with Crippen LogP contribution in [0.5, 0.6) is 5.75 Å². The molecule has 3 heteroatoms. The highest BCUT2D eigenvalue weighted by Gasteiger charge is 2.03. The van der Waals surface area contributed by atoms with E-state index in [1.807, 2.05) is 44.4 Å². The zero-order chi connectivity index (χ0) is 16.9. The molecule has 0 saturated carbocycles. The first-order chi connectivity index (χ1) is 11.7. The molecule has 0 unspecified atom stereocenters. The third-order valence-corrected chi connectivity index (χ3v) is 3.83. The molecule has 3 aromatic rings. The quantitative estimate of drug-likeness (QED) is 0.603. The molecule has 3 nitrogen and oxygen atoms in total. The van der Waals surface area contributed by atoms with Crippen molar-refractivity contribution in [1.82, 2.24) is 0 Å². The molecule has 0 atom stereocenters. The first-order valence-corrected chi connectivity index (χ1v) is 8.27. The van der Waals surface area contributed by atoms with Crippen molar-refractivity contribution >= 4 is 28.8 Å². The highest BCUT2D eigenvalue weighted by atomic mass is 16.5. The zero-order valence-electron chi connectivity index (χ0n) is 14.5. The van der Waals surface area contributed by atoms with Crippen molar-refractivity contribution in [3.05, 3.63) is 59.9 Å². The molecular weight excluding hydrogens is 298 g/mol. The number of nitrogens with zero attached hydrogens (tertiary/aromatic N) is 1. The number of ether oxygens (including phenoxy) is 1. The zero-order valence-corrected chi connectivity index (χ0v) is 14.5. The molecule has 0 N–H and O–H groups in total. The van der Waals surface area contributed by atoms with Gasteiger partial charge in [-0.15, -0.1) is 0 Å². The van der Waals surface area contributed by atoms with Crippen molar-refractivity contribution in [2.75, 3.05) is 25.6 Å². The second kappa shape index (κ2) is 7.26. The van der Waals surface area contributed by atoms with Gasteiger partial charge in [0, 0.05) is 31.2 Å². The predicted molar refractivity (Wildman–Crippen MR) is 102 cm³/mol. The molecule has 0 aliphatic carbocycles. The fourth-order valence-corrected chi connectivity index (χ4v) is 2.49. The topological polar surface area (TPSA) is 25.6 Å². The maximum Gasteiger partial charge on any atom is 0.138 e. The van der Waals surface area contributed by atoms with Crippen molar-refractivity contribution in [2.24, 2.45) is 0 Å². The molecule has 0 saturated heterocycles. The lowest BCUT2D eigenvalue weighted by atomic mass is 10.1. The summed E-state index contributed by atoms with van der Waals surface area (Å²) in [4.78, 5) is 2.09. The minimum atomic E-state index is 0.724. The lowest BCUT2D eigenvalue weighted by Gasteiger charge is -2.11. The predicted octanol–water partition coefficient (Wildman–Crippen LogP) is 5.46. The van der Waals surface area contributed by atoms with E-state index < -0.39 is 0 Å². The number of hydrogen-bond donors (Lipinski definition) is 0. The summed E-state index contributed by atoms with van der Waals surface area (Å²) in [6.45, 7) is 2.82. The van der Waals surface area contributed by atoms with Gasteiger partial charge in [-0.1, -0.05) is 25.1 Å². The van der Waals surface area contributed by atoms with E-state index in [2.05, 4.69) is 42.2 Å². The van der Waals surface area contributed by atoms with E-state index in [9.17, 15) is 0 Å². The Morgan fingerprint density at radius 3 is 2.50 bits per heavy atom. The summed E-state index contributed by atoms with van der Waals surface area (Å²) >= 11 is 0. The van der Waals surface area contributed by atoms with E-state index in [4.69, 9.17) is 9.15 Å². The van der Waals surface area contributed by atoms with E-state index in [-0.39, 0.29) is 0 Å². The third kappa shape index (κ3) is 3.80. The molecule has 124 valence electrons. The Bertz CT molecular complexity index is 829. The number of rotatable bonds is 6. The largest absolute Gasteiger partial charge is 0.493 e. The highest BCUT2D eigenvalue weighted by Crippen LogP contribution is 2.25. The van der Waals surface area contributed by atoms with Gasteiger partial charge in [-0.05, 0) is 48.4 Å². The average Bonchev–Trinajstić information content (AvgIpc) is 3.00. The smallest absolute Gasteiger partial charge is 0.138 e. The monoisotopic (exact) mass is 321 g/mol. The number of furan rings is 1. The first kappa shape index (κ1) is 16.2. The minimum Gasteiger partial charge on any atom is -0.493 e. The SMILES string of the molecule is CCCOc1ccc2cc(C=Cc3ccc(N(C)C)cc3)oc2c1. The molecule has 0 aliphatic heterocycles. The standard InChI is InChI=1S/C21H23NO2/c1-4-13-23-19-12-8-17-14-20(24-21(17)15-19)11-7-16-5-9-18(10-6-16)22(2)3/h5-12,14-15H,4,13H2,1-3H3. The van der Waals surface area contributed by atoms with Crippen LogP contribution in [-0.4, -0.2) is 20.7 Å². The molecule has 1 heterocycles. The Balaban J connectivity index is 1.76. The van der Waals surface area contributed by atoms with Crippen LogP contribution >= 0.6 is 0 Å². The molecular formula is C21H23NO2. The van der Waals surface area contributed by atoms with E-state index in [1.165, 1.54) is 5.69 Å². The molecule has 0 bridgehead atoms. The van der Waals surface area contributed by atoms with Gasteiger partial charge in [-0.25, -0.2) is 0 Å². The Kier molecular flexibility index (Phi) is 4.90. The fourth-order valence-electron chi connectivity index (χ4n) is 2.49. The fraction of sp³-hybridized carbons (Fsp3) is 0.238. The first-order valence-electron chi connectivity index (χ1n) is 8.27. The lowest BCUT2D eigenvalue weighted by molar-refractivity contribution is 0.317. The summed E-state index contributed by atoms with van der Waals surface area (Å²) < 4.78 is 11.5. The Labute approximate surface area is 143 Å². The van der Waals surface area contributed by atoms with Gasteiger partial charge in [-0.3, -0.25) is 0 Å². The summed E-state index contributed by atoms with van der Waals surface area (Å²) in [6, 6.07) is 16.4. The molecule has 0 fully saturated rings. The Hall–Kier alpha value is -2.68. The summed E-state index contributed by atoms with van der Waals surface area (Å²) in [5.41, 5.74) is 3.19.